The van der Waals surface area contributed by atoms with Crippen molar-refractivity contribution in [2.45, 2.75) is 6.42 Å². The van der Waals surface area contributed by atoms with Crippen LogP contribution in [0.5, 0.6) is 5.75 Å². The lowest BCUT2D eigenvalue weighted by Crippen LogP contribution is -2.09. The Hall–Kier alpha value is -1.37. The van der Waals surface area contributed by atoms with E-state index in [1.54, 1.807) is 0 Å². The number of anilines is 1. The Labute approximate surface area is 97.0 Å². The quantitative estimate of drug-likeness (QED) is 0.620. The number of carbonyl (C=O) groups is 1. The summed E-state index contributed by atoms with van der Waals surface area (Å²) in [7, 11) is 0. The van der Waals surface area contributed by atoms with Crippen molar-refractivity contribution >= 4 is 34.8 Å². The summed E-state index contributed by atoms with van der Waals surface area (Å²) in [5, 5.41) is 11.9. The molecule has 1 amide bonds. The van der Waals surface area contributed by atoms with Crippen LogP contribution >= 0.6 is 23.2 Å². The van der Waals surface area contributed by atoms with Crippen molar-refractivity contribution in [1.29, 1.82) is 0 Å². The van der Waals surface area contributed by atoms with E-state index in [0.717, 1.165) is 0 Å². The molecule has 0 saturated carbocycles. The van der Waals surface area contributed by atoms with Gasteiger partial charge < -0.3 is 10.4 Å². The summed E-state index contributed by atoms with van der Waals surface area (Å²) in [6.45, 7) is 0. The molecule has 5 heteroatoms. The van der Waals surface area contributed by atoms with Crippen molar-refractivity contribution in [1.82, 2.24) is 0 Å². The first-order valence-corrected chi connectivity index (χ1v) is 4.71. The summed E-state index contributed by atoms with van der Waals surface area (Å²) < 4.78 is 0. The van der Waals surface area contributed by atoms with E-state index in [9.17, 15) is 9.90 Å². The number of terminal acetylenes is 1. The molecule has 0 aliphatic heterocycles. The third-order valence-corrected chi connectivity index (χ3v) is 2.14. The van der Waals surface area contributed by atoms with Gasteiger partial charge >= 0.3 is 0 Å². The molecule has 1 rings (SSSR count). The Kier molecular flexibility index (Phi) is 3.84. The van der Waals surface area contributed by atoms with E-state index >= 15 is 0 Å². The van der Waals surface area contributed by atoms with Crippen LogP contribution in [0, 0.1) is 12.3 Å². The minimum atomic E-state index is -0.338. The molecule has 1 aromatic carbocycles. The largest absolute Gasteiger partial charge is 0.505 e. The van der Waals surface area contributed by atoms with Crippen molar-refractivity contribution < 1.29 is 9.90 Å². The third kappa shape index (κ3) is 3.05. The average Bonchev–Trinajstić information content (AvgIpc) is 2.14. The van der Waals surface area contributed by atoms with Crippen LogP contribution in [-0.2, 0) is 4.79 Å². The van der Waals surface area contributed by atoms with Gasteiger partial charge in [-0.2, -0.15) is 0 Å². The van der Waals surface area contributed by atoms with Gasteiger partial charge in [0, 0.05) is 5.69 Å². The van der Waals surface area contributed by atoms with Crippen LogP contribution in [0.3, 0.4) is 0 Å². The predicted octanol–water partition coefficient (Wildman–Crippen LogP) is 2.66. The van der Waals surface area contributed by atoms with Crippen LogP contribution in [0.4, 0.5) is 5.69 Å². The first-order chi connectivity index (χ1) is 7.04. The smallest absolute Gasteiger partial charge is 0.236 e. The predicted molar refractivity (Wildman–Crippen MR) is 60.2 cm³/mol. The van der Waals surface area contributed by atoms with Crippen molar-refractivity contribution in [3.63, 3.8) is 0 Å². The number of rotatable bonds is 2. The van der Waals surface area contributed by atoms with Crippen molar-refractivity contribution in [3.05, 3.63) is 22.2 Å². The zero-order valence-electron chi connectivity index (χ0n) is 7.55. The second kappa shape index (κ2) is 4.92. The number of hydrogen-bond donors (Lipinski definition) is 2. The van der Waals surface area contributed by atoms with E-state index in [4.69, 9.17) is 29.6 Å². The summed E-state index contributed by atoms with van der Waals surface area (Å²) in [6.07, 6.45) is 4.93. The Bertz CT molecular complexity index is 415. The number of nitrogens with one attached hydrogen (secondary N) is 1. The summed E-state index contributed by atoms with van der Waals surface area (Å²) in [6, 6.07) is 2.77. The summed E-state index contributed by atoms with van der Waals surface area (Å²) in [5.74, 6) is 1.65. The van der Waals surface area contributed by atoms with Gasteiger partial charge in [-0.15, -0.1) is 6.42 Å². The van der Waals surface area contributed by atoms with Gasteiger partial charge in [0.2, 0.25) is 5.91 Å². The van der Waals surface area contributed by atoms with E-state index in [2.05, 4.69) is 11.2 Å². The Morgan fingerprint density at radius 2 is 2.00 bits per heavy atom. The molecule has 0 aliphatic carbocycles. The number of phenolic OH excluding ortho intramolecular Hbond substituents is 1. The van der Waals surface area contributed by atoms with Crippen LogP contribution in [0.2, 0.25) is 10.0 Å². The molecule has 3 nitrogen and oxygen atoms in total. The topological polar surface area (TPSA) is 49.3 Å². The molecule has 0 heterocycles. The van der Waals surface area contributed by atoms with E-state index in [-0.39, 0.29) is 28.1 Å². The van der Waals surface area contributed by atoms with Crippen LogP contribution in [0.25, 0.3) is 0 Å². The van der Waals surface area contributed by atoms with Gasteiger partial charge in [0.05, 0.1) is 16.5 Å². The number of carbonyl (C=O) groups excluding carboxylic acids is 1. The molecule has 0 aliphatic rings. The molecule has 1 aromatic rings. The van der Waals surface area contributed by atoms with Crippen molar-refractivity contribution in [3.8, 4) is 18.1 Å². The molecule has 2 N–H and O–H groups in total. The number of phenols is 1. The van der Waals surface area contributed by atoms with Crippen LogP contribution < -0.4 is 5.32 Å². The number of aromatic hydroxyl groups is 1. The summed E-state index contributed by atoms with van der Waals surface area (Å²) in [5.41, 5.74) is 0.392. The van der Waals surface area contributed by atoms with Gasteiger partial charge in [-0.05, 0) is 12.1 Å². The molecule has 78 valence electrons. The number of halogens is 2. The fourth-order valence-electron chi connectivity index (χ4n) is 0.936. The minimum absolute atomic E-state index is 0.0316. The standard InChI is InChI=1S/C10H7Cl2NO2/c1-2-3-9(14)13-6-4-7(11)10(15)8(12)5-6/h1,4-5,15H,3H2,(H,13,14). The highest BCUT2D eigenvalue weighted by atomic mass is 35.5. The highest BCUT2D eigenvalue weighted by Gasteiger charge is 2.08. The highest BCUT2D eigenvalue weighted by Crippen LogP contribution is 2.34. The molecule has 0 spiro atoms. The van der Waals surface area contributed by atoms with E-state index in [1.807, 2.05) is 0 Å². The summed E-state index contributed by atoms with van der Waals surface area (Å²) in [4.78, 5) is 11.1. The maximum Gasteiger partial charge on any atom is 0.236 e. The SMILES string of the molecule is C#CCC(=O)Nc1cc(Cl)c(O)c(Cl)c1. The van der Waals surface area contributed by atoms with Gasteiger partial charge in [-0.1, -0.05) is 29.1 Å². The Morgan fingerprint density at radius 3 is 2.47 bits per heavy atom. The molecule has 0 unspecified atom stereocenters. The van der Waals surface area contributed by atoms with Crippen molar-refractivity contribution in [2.75, 3.05) is 5.32 Å². The molecule has 15 heavy (non-hydrogen) atoms. The molecule has 0 aromatic heterocycles. The first-order valence-electron chi connectivity index (χ1n) is 3.96. The molecule has 0 fully saturated rings. The maximum absolute atomic E-state index is 11.1. The maximum atomic E-state index is 11.1. The molecular formula is C10H7Cl2NO2. The second-order valence-corrected chi connectivity index (χ2v) is 3.53. The van der Waals surface area contributed by atoms with Crippen molar-refractivity contribution in [2.24, 2.45) is 0 Å². The number of amides is 1. The van der Waals surface area contributed by atoms with Gasteiger partial charge in [0.25, 0.3) is 0 Å². The monoisotopic (exact) mass is 243 g/mol. The molecule has 0 bridgehead atoms. The Morgan fingerprint density at radius 1 is 1.47 bits per heavy atom. The fourth-order valence-corrected chi connectivity index (χ4v) is 1.42. The van der Waals surface area contributed by atoms with Crippen LogP contribution in [-0.4, -0.2) is 11.0 Å². The first kappa shape index (κ1) is 11.7. The van der Waals surface area contributed by atoms with Gasteiger partial charge in [0.1, 0.15) is 0 Å². The molecule has 0 atom stereocenters. The lowest BCUT2D eigenvalue weighted by molar-refractivity contribution is -0.115. The zero-order chi connectivity index (χ0) is 11.4. The van der Waals surface area contributed by atoms with Crippen LogP contribution in [0.15, 0.2) is 12.1 Å². The van der Waals surface area contributed by atoms with E-state index in [0.29, 0.717) is 5.69 Å². The summed E-state index contributed by atoms with van der Waals surface area (Å²) >= 11 is 11.3. The lowest BCUT2D eigenvalue weighted by atomic mass is 10.3. The molecule has 0 saturated heterocycles. The average molecular weight is 244 g/mol. The molecule has 0 radical (unpaired) electrons. The van der Waals surface area contributed by atoms with Gasteiger partial charge in [-0.3, -0.25) is 4.79 Å². The zero-order valence-corrected chi connectivity index (χ0v) is 9.06. The minimum Gasteiger partial charge on any atom is -0.505 e. The fraction of sp³-hybridized carbons (Fsp3) is 0.100. The second-order valence-electron chi connectivity index (χ2n) is 2.72. The number of benzene rings is 1. The Balaban J connectivity index is 2.89. The molecular weight excluding hydrogens is 237 g/mol. The van der Waals surface area contributed by atoms with E-state index < -0.39 is 0 Å². The highest BCUT2D eigenvalue weighted by molar-refractivity contribution is 6.37. The lowest BCUT2D eigenvalue weighted by Gasteiger charge is -2.06. The number of hydrogen-bond acceptors (Lipinski definition) is 2. The van der Waals surface area contributed by atoms with E-state index in [1.165, 1.54) is 12.1 Å². The van der Waals surface area contributed by atoms with Gasteiger partial charge in [-0.25, -0.2) is 0 Å². The van der Waals surface area contributed by atoms with Crippen LogP contribution in [0.1, 0.15) is 6.42 Å². The third-order valence-electron chi connectivity index (χ3n) is 1.56. The van der Waals surface area contributed by atoms with Gasteiger partial charge in [0.15, 0.2) is 5.75 Å². The normalized spacial score (nSPS) is 9.40.